The van der Waals surface area contributed by atoms with Gasteiger partial charge in [-0.2, -0.15) is 5.10 Å². The number of fused-ring (bicyclic) bond motifs is 2. The summed E-state index contributed by atoms with van der Waals surface area (Å²) in [7, 11) is 1.73. The number of carbonyl (C=O) groups is 2. The van der Waals surface area contributed by atoms with Crippen LogP contribution in [0.4, 0.5) is 17.1 Å². The highest BCUT2D eigenvalue weighted by atomic mass is 16.2. The Morgan fingerprint density at radius 1 is 1.24 bits per heavy atom. The van der Waals surface area contributed by atoms with Gasteiger partial charge in [-0.1, -0.05) is 12.1 Å². The third-order valence-electron chi connectivity index (χ3n) is 4.83. The molecule has 0 bridgehead atoms. The minimum absolute atomic E-state index is 0.0387. The Morgan fingerprint density at radius 2 is 1.96 bits per heavy atom. The average Bonchev–Trinajstić information content (AvgIpc) is 3.14. The van der Waals surface area contributed by atoms with Gasteiger partial charge in [-0.05, 0) is 45.0 Å². The van der Waals surface area contributed by atoms with Gasteiger partial charge >= 0.3 is 0 Å². The predicted octanol–water partition coefficient (Wildman–Crippen LogP) is 2.05. The van der Waals surface area contributed by atoms with Gasteiger partial charge in [0, 0.05) is 7.05 Å². The summed E-state index contributed by atoms with van der Waals surface area (Å²) in [5.41, 5.74) is 2.98. The summed E-state index contributed by atoms with van der Waals surface area (Å²) in [6.07, 6.45) is 2.25. The molecule has 7 nitrogen and oxygen atoms in total. The summed E-state index contributed by atoms with van der Waals surface area (Å²) in [5, 5.41) is 7.27. The molecular formula is C18H21N5O2. The van der Waals surface area contributed by atoms with Crippen LogP contribution in [0.2, 0.25) is 0 Å². The Kier molecular flexibility index (Phi) is 3.80. The fourth-order valence-corrected chi connectivity index (χ4v) is 3.71. The van der Waals surface area contributed by atoms with E-state index in [9.17, 15) is 9.59 Å². The fraction of sp³-hybridized carbons (Fsp3) is 0.389. The van der Waals surface area contributed by atoms with Gasteiger partial charge in [0.25, 0.3) is 5.91 Å². The molecule has 130 valence electrons. The molecule has 0 unspecified atom stereocenters. The van der Waals surface area contributed by atoms with Crippen LogP contribution in [0.15, 0.2) is 24.3 Å². The van der Waals surface area contributed by atoms with Crippen molar-refractivity contribution in [2.45, 2.75) is 19.8 Å². The number of rotatable bonds is 2. The van der Waals surface area contributed by atoms with Gasteiger partial charge in [-0.15, -0.1) is 0 Å². The number of para-hydroxylation sites is 2. The smallest absolute Gasteiger partial charge is 0.276 e. The minimum atomic E-state index is -0.248. The van der Waals surface area contributed by atoms with Crippen molar-refractivity contribution >= 4 is 28.9 Å². The molecule has 1 fully saturated rings. The van der Waals surface area contributed by atoms with Crippen molar-refractivity contribution in [1.82, 2.24) is 14.7 Å². The van der Waals surface area contributed by atoms with Gasteiger partial charge in [-0.3, -0.25) is 24.1 Å². The van der Waals surface area contributed by atoms with Gasteiger partial charge in [0.05, 0.1) is 23.6 Å². The predicted molar refractivity (Wildman–Crippen MR) is 95.2 cm³/mol. The first-order chi connectivity index (χ1) is 12.1. The monoisotopic (exact) mass is 339 g/mol. The van der Waals surface area contributed by atoms with Crippen molar-refractivity contribution in [3.05, 3.63) is 35.7 Å². The third kappa shape index (κ3) is 2.60. The van der Waals surface area contributed by atoms with Gasteiger partial charge in [0.2, 0.25) is 5.91 Å². The molecule has 0 atom stereocenters. The highest BCUT2D eigenvalue weighted by Gasteiger charge is 2.34. The van der Waals surface area contributed by atoms with E-state index in [1.54, 1.807) is 16.6 Å². The van der Waals surface area contributed by atoms with E-state index in [0.29, 0.717) is 35.0 Å². The van der Waals surface area contributed by atoms with E-state index in [0.717, 1.165) is 25.9 Å². The van der Waals surface area contributed by atoms with E-state index in [2.05, 4.69) is 15.3 Å². The van der Waals surface area contributed by atoms with Crippen molar-refractivity contribution in [3.8, 4) is 0 Å². The normalized spacial score (nSPS) is 17.0. The maximum atomic E-state index is 13.2. The highest BCUT2D eigenvalue weighted by Crippen LogP contribution is 2.39. The number of benzene rings is 1. The molecule has 0 spiro atoms. The van der Waals surface area contributed by atoms with Crippen molar-refractivity contribution in [2.24, 2.45) is 7.05 Å². The van der Waals surface area contributed by atoms with E-state index in [-0.39, 0.29) is 11.8 Å². The Labute approximate surface area is 146 Å². The maximum Gasteiger partial charge on any atom is 0.276 e. The molecule has 2 amide bonds. The minimum Gasteiger partial charge on any atom is -0.319 e. The van der Waals surface area contributed by atoms with Crippen molar-refractivity contribution in [3.63, 3.8) is 0 Å². The molecule has 0 saturated carbocycles. The molecule has 1 N–H and O–H groups in total. The van der Waals surface area contributed by atoms with Crippen LogP contribution in [-0.2, 0) is 11.8 Å². The Bertz CT molecular complexity index is 851. The highest BCUT2D eigenvalue weighted by molar-refractivity contribution is 6.17. The maximum absolute atomic E-state index is 13.2. The second-order valence-corrected chi connectivity index (χ2v) is 6.59. The van der Waals surface area contributed by atoms with Crippen molar-refractivity contribution < 1.29 is 9.59 Å². The summed E-state index contributed by atoms with van der Waals surface area (Å²) in [6.45, 7) is 4.06. The van der Waals surface area contributed by atoms with E-state index in [1.165, 1.54) is 0 Å². The zero-order valence-corrected chi connectivity index (χ0v) is 14.5. The first-order valence-electron chi connectivity index (χ1n) is 8.55. The SMILES string of the molecule is Cc1nn(C)c2c1N(C(=O)CN1CCCC1)c1ccccc1NC2=O. The van der Waals surface area contributed by atoms with Crippen LogP contribution in [0.5, 0.6) is 0 Å². The van der Waals surface area contributed by atoms with Gasteiger partial charge in [0.15, 0.2) is 5.69 Å². The largest absolute Gasteiger partial charge is 0.319 e. The summed E-state index contributed by atoms with van der Waals surface area (Å²) in [5.74, 6) is -0.287. The molecule has 25 heavy (non-hydrogen) atoms. The fourth-order valence-electron chi connectivity index (χ4n) is 3.71. The van der Waals surface area contributed by atoms with Gasteiger partial charge < -0.3 is 5.32 Å². The molecule has 4 rings (SSSR count). The second-order valence-electron chi connectivity index (χ2n) is 6.59. The number of nitrogens with zero attached hydrogens (tertiary/aromatic N) is 4. The topological polar surface area (TPSA) is 70.5 Å². The average molecular weight is 339 g/mol. The number of amides is 2. The number of hydrogen-bond acceptors (Lipinski definition) is 4. The molecule has 2 aliphatic heterocycles. The Hall–Kier alpha value is -2.67. The standard InChI is InChI=1S/C18H21N5O2/c1-12-16-17(21(2)20-12)18(25)19-13-7-3-4-8-14(13)23(16)15(24)11-22-9-5-6-10-22/h3-4,7-8H,5-6,9-11H2,1-2H3,(H,19,25). The van der Waals surface area contributed by atoms with Crippen LogP contribution >= 0.6 is 0 Å². The number of nitrogens with one attached hydrogen (secondary N) is 1. The van der Waals surface area contributed by atoms with Crippen molar-refractivity contribution in [2.75, 3.05) is 29.9 Å². The van der Waals surface area contributed by atoms with E-state index < -0.39 is 0 Å². The van der Waals surface area contributed by atoms with Gasteiger partial charge in [-0.25, -0.2) is 0 Å². The summed E-state index contributed by atoms with van der Waals surface area (Å²) >= 11 is 0. The zero-order valence-electron chi connectivity index (χ0n) is 14.5. The lowest BCUT2D eigenvalue weighted by Gasteiger charge is -2.25. The van der Waals surface area contributed by atoms with Crippen LogP contribution in [0.25, 0.3) is 0 Å². The number of anilines is 3. The molecular weight excluding hydrogens is 318 g/mol. The molecule has 7 heteroatoms. The Balaban J connectivity index is 1.84. The van der Waals surface area contributed by atoms with Crippen LogP contribution in [0, 0.1) is 6.92 Å². The molecule has 2 aliphatic rings. The van der Waals surface area contributed by atoms with Crippen LogP contribution in [-0.4, -0.2) is 46.1 Å². The first-order valence-corrected chi connectivity index (χ1v) is 8.55. The lowest BCUT2D eigenvalue weighted by Crippen LogP contribution is -2.37. The lowest BCUT2D eigenvalue weighted by atomic mass is 10.2. The third-order valence-corrected chi connectivity index (χ3v) is 4.83. The molecule has 1 aromatic carbocycles. The molecule has 3 heterocycles. The summed E-state index contributed by atoms with van der Waals surface area (Å²) < 4.78 is 1.54. The van der Waals surface area contributed by atoms with Crippen molar-refractivity contribution in [1.29, 1.82) is 0 Å². The quantitative estimate of drug-likeness (QED) is 0.909. The lowest BCUT2D eigenvalue weighted by molar-refractivity contribution is -0.118. The molecule has 1 aromatic heterocycles. The molecule has 2 aromatic rings. The van der Waals surface area contributed by atoms with E-state index in [4.69, 9.17) is 0 Å². The molecule has 0 radical (unpaired) electrons. The number of carbonyl (C=O) groups excluding carboxylic acids is 2. The van der Waals surface area contributed by atoms with Crippen LogP contribution < -0.4 is 10.2 Å². The number of hydrogen-bond donors (Lipinski definition) is 1. The zero-order chi connectivity index (χ0) is 17.6. The van der Waals surface area contributed by atoms with E-state index in [1.807, 2.05) is 31.2 Å². The number of likely N-dealkylation sites (tertiary alicyclic amines) is 1. The van der Waals surface area contributed by atoms with E-state index >= 15 is 0 Å². The first kappa shape index (κ1) is 15.8. The van der Waals surface area contributed by atoms with Crippen LogP contribution in [0.3, 0.4) is 0 Å². The molecule has 1 saturated heterocycles. The molecule has 0 aliphatic carbocycles. The van der Waals surface area contributed by atoms with Crippen LogP contribution in [0.1, 0.15) is 29.0 Å². The Morgan fingerprint density at radius 3 is 2.72 bits per heavy atom. The number of aryl methyl sites for hydroxylation is 2. The second kappa shape index (κ2) is 6.00. The van der Waals surface area contributed by atoms with Gasteiger partial charge in [0.1, 0.15) is 5.69 Å². The number of aromatic nitrogens is 2. The summed E-state index contributed by atoms with van der Waals surface area (Å²) in [6, 6.07) is 7.40. The summed E-state index contributed by atoms with van der Waals surface area (Å²) in [4.78, 5) is 29.7.